The van der Waals surface area contributed by atoms with Crippen molar-refractivity contribution in [2.75, 3.05) is 5.75 Å². The summed E-state index contributed by atoms with van der Waals surface area (Å²) >= 11 is 6.21. The van der Waals surface area contributed by atoms with Crippen LogP contribution in [0.4, 0.5) is 4.39 Å². The second kappa shape index (κ2) is 11.8. The average Bonchev–Trinajstić information content (AvgIpc) is 3.28. The van der Waals surface area contributed by atoms with E-state index in [1.807, 2.05) is 55.6 Å². The second-order valence-electron chi connectivity index (χ2n) is 9.77. The predicted octanol–water partition coefficient (Wildman–Crippen LogP) is 7.84. The van der Waals surface area contributed by atoms with Crippen molar-refractivity contribution in [3.05, 3.63) is 106 Å². The van der Waals surface area contributed by atoms with Gasteiger partial charge < -0.3 is 4.98 Å². The Morgan fingerprint density at radius 2 is 1.71 bits per heavy atom. The molecule has 0 spiro atoms. The van der Waals surface area contributed by atoms with Gasteiger partial charge in [0.1, 0.15) is 5.82 Å². The van der Waals surface area contributed by atoms with Gasteiger partial charge in [0, 0.05) is 34.5 Å². The lowest BCUT2D eigenvalue weighted by Crippen LogP contribution is -2.14. The summed E-state index contributed by atoms with van der Waals surface area (Å²) in [7, 11) is -4.09. The Labute approximate surface area is 227 Å². The molecule has 0 saturated carbocycles. The quantitative estimate of drug-likeness (QED) is 0.146. The number of fused-ring (bicyclic) bond motifs is 1. The van der Waals surface area contributed by atoms with Crippen LogP contribution < -0.4 is 0 Å². The molecule has 200 valence electrons. The molecule has 5 nitrogen and oxygen atoms in total. The van der Waals surface area contributed by atoms with Gasteiger partial charge in [0.15, 0.2) is 5.78 Å². The third kappa shape index (κ3) is 6.52. The Bertz CT molecular complexity index is 1530. The topological polar surface area (TPSA) is 87.2 Å². The molecule has 0 saturated heterocycles. The van der Waals surface area contributed by atoms with Crippen molar-refractivity contribution in [2.45, 2.75) is 51.4 Å². The molecule has 0 aliphatic heterocycles. The van der Waals surface area contributed by atoms with Crippen LogP contribution in [0.2, 0.25) is 5.02 Å². The van der Waals surface area contributed by atoms with Gasteiger partial charge in [0.05, 0.1) is 11.3 Å². The fourth-order valence-corrected chi connectivity index (χ4v) is 5.85. The van der Waals surface area contributed by atoms with Gasteiger partial charge in [-0.05, 0) is 72.2 Å². The molecule has 0 fully saturated rings. The van der Waals surface area contributed by atoms with E-state index in [1.165, 1.54) is 6.07 Å². The number of benzene rings is 3. The number of carbonyl (C=O) groups is 1. The first-order valence-corrected chi connectivity index (χ1v) is 14.7. The first kappa shape index (κ1) is 28.0. The van der Waals surface area contributed by atoms with Crippen LogP contribution in [-0.4, -0.2) is 29.5 Å². The number of rotatable bonds is 11. The molecule has 4 aromatic rings. The Balaban J connectivity index is 1.74. The predicted molar refractivity (Wildman–Crippen MR) is 150 cm³/mol. The van der Waals surface area contributed by atoms with Gasteiger partial charge in [0.2, 0.25) is 0 Å². The molecule has 2 N–H and O–H groups in total. The van der Waals surface area contributed by atoms with E-state index >= 15 is 0 Å². The molecular formula is C30H31ClFNO4S. The van der Waals surface area contributed by atoms with Gasteiger partial charge in [0.25, 0.3) is 10.1 Å². The van der Waals surface area contributed by atoms with E-state index in [4.69, 9.17) is 16.2 Å². The summed E-state index contributed by atoms with van der Waals surface area (Å²) in [5.41, 5.74) is 4.91. The standard InChI is InChI=1S/C30H31ClFNO4S/c1-3-5-24(20-7-9-21(10-8-20)28(34)6-4-15-38(35,36)37)29(22-11-13-23(31)14-12-22)26-18-33-30-25(26)16-19(2)17-27(30)32/h7-14,16-18,24,29,33H,3-6,15H2,1-2H3,(H,35,36,37)/t24-,29+/m1/s1. The zero-order valence-corrected chi connectivity index (χ0v) is 22.9. The van der Waals surface area contributed by atoms with Gasteiger partial charge in [-0.1, -0.05) is 61.3 Å². The van der Waals surface area contributed by atoms with E-state index in [0.717, 1.165) is 40.5 Å². The number of hydrogen-bond donors (Lipinski definition) is 2. The molecule has 1 heterocycles. The SMILES string of the molecule is CCC[C@H](c1ccc(C(=O)CCCS(=O)(=O)O)cc1)[C@H](c1ccc(Cl)cc1)c1c[nH]c2c(F)cc(C)cc12. The van der Waals surface area contributed by atoms with Crippen molar-refractivity contribution in [1.82, 2.24) is 4.98 Å². The largest absolute Gasteiger partial charge is 0.358 e. The molecule has 0 aliphatic rings. The van der Waals surface area contributed by atoms with Crippen molar-refractivity contribution in [3.8, 4) is 0 Å². The lowest BCUT2D eigenvalue weighted by Gasteiger charge is -2.28. The maximum Gasteiger partial charge on any atom is 0.264 e. The van der Waals surface area contributed by atoms with Crippen LogP contribution in [0.1, 0.15) is 77.1 Å². The highest BCUT2D eigenvalue weighted by Gasteiger charge is 2.29. The van der Waals surface area contributed by atoms with E-state index in [1.54, 1.807) is 12.1 Å². The Morgan fingerprint density at radius 1 is 1.05 bits per heavy atom. The molecule has 38 heavy (non-hydrogen) atoms. The van der Waals surface area contributed by atoms with Crippen LogP contribution in [-0.2, 0) is 10.1 Å². The van der Waals surface area contributed by atoms with Crippen molar-refractivity contribution in [2.24, 2.45) is 0 Å². The van der Waals surface area contributed by atoms with Crippen LogP contribution in [0.3, 0.4) is 0 Å². The first-order valence-electron chi connectivity index (χ1n) is 12.7. The Morgan fingerprint density at radius 3 is 2.34 bits per heavy atom. The number of nitrogens with one attached hydrogen (secondary N) is 1. The molecule has 2 atom stereocenters. The molecule has 0 amide bonds. The highest BCUT2D eigenvalue weighted by molar-refractivity contribution is 7.85. The summed E-state index contributed by atoms with van der Waals surface area (Å²) in [4.78, 5) is 15.7. The van der Waals surface area contributed by atoms with E-state index in [9.17, 15) is 17.6 Å². The number of hydrogen-bond acceptors (Lipinski definition) is 3. The number of H-pyrrole nitrogens is 1. The molecule has 0 unspecified atom stereocenters. The van der Waals surface area contributed by atoms with E-state index in [0.29, 0.717) is 16.1 Å². The number of halogens is 2. The first-order chi connectivity index (χ1) is 18.1. The lowest BCUT2D eigenvalue weighted by atomic mass is 9.75. The zero-order chi connectivity index (χ0) is 27.4. The fourth-order valence-electron chi connectivity index (χ4n) is 5.21. The van der Waals surface area contributed by atoms with Gasteiger partial charge in [-0.15, -0.1) is 0 Å². The summed E-state index contributed by atoms with van der Waals surface area (Å²) in [5, 5.41) is 1.48. The van der Waals surface area contributed by atoms with Crippen molar-refractivity contribution >= 4 is 38.4 Å². The van der Waals surface area contributed by atoms with Crippen LogP contribution in [0.15, 0.2) is 66.9 Å². The number of aromatic amines is 1. The summed E-state index contributed by atoms with van der Waals surface area (Å²) in [6.45, 7) is 4.00. The normalized spacial score (nSPS) is 13.5. The third-order valence-corrected chi connectivity index (χ3v) is 8.01. The number of carbonyl (C=O) groups excluding carboxylic acids is 1. The van der Waals surface area contributed by atoms with E-state index in [-0.39, 0.29) is 36.3 Å². The van der Waals surface area contributed by atoms with Gasteiger partial charge in [-0.25, -0.2) is 4.39 Å². The molecule has 1 aromatic heterocycles. The Kier molecular flexibility index (Phi) is 8.71. The summed E-state index contributed by atoms with van der Waals surface area (Å²) in [5.74, 6) is -0.969. The van der Waals surface area contributed by atoms with Gasteiger partial charge in [-0.3, -0.25) is 9.35 Å². The Hall–Kier alpha value is -3.00. The lowest BCUT2D eigenvalue weighted by molar-refractivity contribution is 0.0982. The summed E-state index contributed by atoms with van der Waals surface area (Å²) in [6, 6.07) is 18.7. The molecule has 0 radical (unpaired) electrons. The number of aromatic nitrogens is 1. The minimum absolute atomic E-state index is 0.0329. The highest BCUT2D eigenvalue weighted by atomic mass is 35.5. The minimum Gasteiger partial charge on any atom is -0.358 e. The monoisotopic (exact) mass is 555 g/mol. The molecule has 0 aliphatic carbocycles. The maximum atomic E-state index is 14.8. The number of Topliss-reactive ketones (excluding diaryl/α,β-unsaturated/α-hetero) is 1. The average molecular weight is 556 g/mol. The van der Waals surface area contributed by atoms with Crippen molar-refractivity contribution < 1.29 is 22.2 Å². The van der Waals surface area contributed by atoms with Crippen molar-refractivity contribution in [3.63, 3.8) is 0 Å². The van der Waals surface area contributed by atoms with E-state index in [2.05, 4.69) is 11.9 Å². The third-order valence-electron chi connectivity index (χ3n) is 6.95. The van der Waals surface area contributed by atoms with Crippen LogP contribution in [0.5, 0.6) is 0 Å². The zero-order valence-electron chi connectivity index (χ0n) is 21.4. The number of ketones is 1. The fraction of sp³-hybridized carbons (Fsp3) is 0.300. The molecule has 3 aromatic carbocycles. The van der Waals surface area contributed by atoms with Crippen LogP contribution >= 0.6 is 11.6 Å². The minimum atomic E-state index is -4.09. The van der Waals surface area contributed by atoms with E-state index < -0.39 is 15.9 Å². The van der Waals surface area contributed by atoms with Gasteiger partial charge >= 0.3 is 0 Å². The molecule has 4 rings (SSSR count). The number of aryl methyl sites for hydroxylation is 1. The molecular weight excluding hydrogens is 525 g/mol. The maximum absolute atomic E-state index is 14.8. The van der Waals surface area contributed by atoms with Crippen LogP contribution in [0.25, 0.3) is 10.9 Å². The molecule has 0 bridgehead atoms. The summed E-state index contributed by atoms with van der Waals surface area (Å²) < 4.78 is 45.6. The molecule has 8 heteroatoms. The van der Waals surface area contributed by atoms with Crippen LogP contribution in [0, 0.1) is 12.7 Å². The van der Waals surface area contributed by atoms with Gasteiger partial charge in [-0.2, -0.15) is 8.42 Å². The smallest absolute Gasteiger partial charge is 0.264 e. The highest BCUT2D eigenvalue weighted by Crippen LogP contribution is 2.44. The second-order valence-corrected chi connectivity index (χ2v) is 11.8. The van der Waals surface area contributed by atoms with Crippen molar-refractivity contribution in [1.29, 1.82) is 0 Å². The summed E-state index contributed by atoms with van der Waals surface area (Å²) in [6.07, 6.45) is 3.76.